The number of ether oxygens (including phenoxy) is 1. The van der Waals surface area contributed by atoms with Crippen molar-refractivity contribution in [2.24, 2.45) is 0 Å². The molecule has 0 aliphatic heterocycles. The Morgan fingerprint density at radius 3 is 2.33 bits per heavy atom. The predicted molar refractivity (Wildman–Crippen MR) is 143 cm³/mol. The molecule has 0 saturated heterocycles. The van der Waals surface area contributed by atoms with E-state index in [9.17, 15) is 25.0 Å². The first-order chi connectivity index (χ1) is 17.2. The average molecular weight is 635 g/mol. The molecule has 0 radical (unpaired) electrons. The van der Waals surface area contributed by atoms with Crippen LogP contribution in [0.3, 0.4) is 0 Å². The summed E-state index contributed by atoms with van der Waals surface area (Å²) >= 11 is 12.6. The lowest BCUT2D eigenvalue weighted by Crippen LogP contribution is -2.20. The van der Waals surface area contributed by atoms with Crippen molar-refractivity contribution in [3.8, 4) is 11.8 Å². The molecular weight excluding hydrogens is 620 g/mol. The van der Waals surface area contributed by atoms with Crippen molar-refractivity contribution in [1.82, 2.24) is 0 Å². The molecule has 3 rings (SSSR count). The fourth-order valence-electron chi connectivity index (χ4n) is 2.88. The summed E-state index contributed by atoms with van der Waals surface area (Å²) in [5, 5.41) is 26.1. The number of amides is 2. The zero-order valence-electron chi connectivity index (χ0n) is 18.1. The van der Waals surface area contributed by atoms with Gasteiger partial charge in [-0.2, -0.15) is 5.26 Å². The molecule has 0 unspecified atom stereocenters. The maximum atomic E-state index is 12.5. The van der Waals surface area contributed by atoms with Crippen molar-refractivity contribution in [2.45, 2.75) is 0 Å². The van der Waals surface area contributed by atoms with Gasteiger partial charge in [-0.25, -0.2) is 0 Å². The lowest BCUT2D eigenvalue weighted by atomic mass is 10.1. The fourth-order valence-corrected chi connectivity index (χ4v) is 4.46. The van der Waals surface area contributed by atoms with Crippen LogP contribution in [0.1, 0.15) is 5.56 Å². The topological polar surface area (TPSA) is 134 Å². The van der Waals surface area contributed by atoms with E-state index in [0.717, 1.165) is 0 Å². The van der Waals surface area contributed by atoms with Crippen LogP contribution in [-0.4, -0.2) is 23.3 Å². The highest BCUT2D eigenvalue weighted by atomic mass is 79.9. The normalized spacial score (nSPS) is 10.8. The van der Waals surface area contributed by atoms with Gasteiger partial charge in [0, 0.05) is 28.5 Å². The van der Waals surface area contributed by atoms with Crippen molar-refractivity contribution >= 4 is 78.4 Å². The van der Waals surface area contributed by atoms with E-state index in [1.54, 1.807) is 36.4 Å². The largest absolute Gasteiger partial charge is 0.481 e. The third kappa shape index (κ3) is 7.39. The number of nitro benzene ring substituents is 1. The Morgan fingerprint density at radius 2 is 1.72 bits per heavy atom. The number of carbonyl (C=O) groups is 2. The summed E-state index contributed by atoms with van der Waals surface area (Å²) in [6.45, 7) is -0.274. The molecule has 9 nitrogen and oxygen atoms in total. The number of rotatable bonds is 8. The van der Waals surface area contributed by atoms with Gasteiger partial charge in [-0.3, -0.25) is 19.7 Å². The highest BCUT2D eigenvalue weighted by Crippen LogP contribution is 2.35. The van der Waals surface area contributed by atoms with Gasteiger partial charge in [0.2, 0.25) is 0 Å². The lowest BCUT2D eigenvalue weighted by molar-refractivity contribution is -0.384. The van der Waals surface area contributed by atoms with Crippen molar-refractivity contribution in [3.63, 3.8) is 0 Å². The Balaban J connectivity index is 1.70. The molecule has 3 aromatic carbocycles. The molecule has 0 bridgehead atoms. The number of non-ortho nitro benzene ring substituents is 1. The Kier molecular flexibility index (Phi) is 9.19. The monoisotopic (exact) mass is 632 g/mol. The smallest absolute Gasteiger partial charge is 0.271 e. The number of hydrogen-bond acceptors (Lipinski definition) is 6. The molecule has 0 aromatic heterocycles. The molecule has 2 amide bonds. The van der Waals surface area contributed by atoms with Crippen LogP contribution in [0, 0.1) is 21.4 Å². The van der Waals surface area contributed by atoms with Crippen LogP contribution in [0.15, 0.2) is 75.2 Å². The number of nitro groups is 1. The van der Waals surface area contributed by atoms with Gasteiger partial charge in [0.05, 0.1) is 13.9 Å². The second-order valence-corrected chi connectivity index (χ2v) is 9.23. The standard InChI is InChI=1S/C24H15Br2ClN4O5/c25-20-9-14(8-15(12-28)24(33)30-18-2-1-3-19(11-18)31(34)35)10-21(26)23(20)36-13-22(32)29-17-6-4-16(27)5-7-17/h1-11H,13H2,(H,29,32)(H,30,33)/b15-8+. The maximum absolute atomic E-state index is 12.5. The molecule has 0 saturated carbocycles. The minimum atomic E-state index is -0.732. The minimum absolute atomic E-state index is 0.179. The Labute approximate surface area is 227 Å². The third-order valence-electron chi connectivity index (χ3n) is 4.49. The van der Waals surface area contributed by atoms with Crippen molar-refractivity contribution in [2.75, 3.05) is 17.2 Å². The molecule has 0 spiro atoms. The van der Waals surface area contributed by atoms with Crippen LogP contribution in [0.25, 0.3) is 6.08 Å². The summed E-state index contributed by atoms with van der Waals surface area (Å²) in [6.07, 6.45) is 1.35. The first-order valence-electron chi connectivity index (χ1n) is 10.0. The average Bonchev–Trinajstić information content (AvgIpc) is 2.83. The number of carbonyl (C=O) groups excluding carboxylic acids is 2. The number of nitrogens with one attached hydrogen (secondary N) is 2. The summed E-state index contributed by atoms with van der Waals surface area (Å²) in [4.78, 5) is 35.1. The van der Waals surface area contributed by atoms with Gasteiger partial charge in [-0.05, 0) is 86.0 Å². The molecule has 0 atom stereocenters. The van der Waals surface area contributed by atoms with Crippen molar-refractivity contribution < 1.29 is 19.2 Å². The SMILES string of the molecule is N#C/C(=C\c1cc(Br)c(OCC(=O)Nc2ccc(Cl)cc2)c(Br)c1)C(=O)Nc1cccc([N+](=O)[O-])c1. The van der Waals surface area contributed by atoms with Gasteiger partial charge in [-0.1, -0.05) is 17.7 Å². The summed E-state index contributed by atoms with van der Waals surface area (Å²) in [7, 11) is 0. The first-order valence-corrected chi connectivity index (χ1v) is 12.0. The number of nitrogens with zero attached hydrogens (tertiary/aromatic N) is 2. The molecule has 3 aromatic rings. The van der Waals surface area contributed by atoms with E-state index in [1.807, 2.05) is 6.07 Å². The number of anilines is 2. The second kappa shape index (κ2) is 12.3. The molecule has 36 heavy (non-hydrogen) atoms. The number of nitriles is 1. The molecule has 12 heteroatoms. The Hall–Kier alpha value is -3.72. The van der Waals surface area contributed by atoms with Gasteiger partial charge >= 0.3 is 0 Å². The molecule has 0 heterocycles. The van der Waals surface area contributed by atoms with Crippen molar-refractivity contribution in [3.05, 3.63) is 95.9 Å². The molecule has 2 N–H and O–H groups in total. The minimum Gasteiger partial charge on any atom is -0.481 e. The van der Waals surface area contributed by atoms with Crippen LogP contribution in [-0.2, 0) is 9.59 Å². The van der Waals surface area contributed by atoms with E-state index in [-0.39, 0.29) is 29.5 Å². The van der Waals surface area contributed by atoms with E-state index >= 15 is 0 Å². The van der Waals surface area contributed by atoms with E-state index in [2.05, 4.69) is 42.5 Å². The number of benzene rings is 3. The van der Waals surface area contributed by atoms with E-state index in [0.29, 0.717) is 31.0 Å². The lowest BCUT2D eigenvalue weighted by Gasteiger charge is -2.12. The Morgan fingerprint density at radius 1 is 1.06 bits per heavy atom. The van der Waals surface area contributed by atoms with Crippen LogP contribution in [0.2, 0.25) is 5.02 Å². The van der Waals surface area contributed by atoms with E-state index in [1.165, 1.54) is 30.3 Å². The molecule has 0 aliphatic carbocycles. The van der Waals surface area contributed by atoms with Crippen LogP contribution in [0.5, 0.6) is 5.75 Å². The quantitative estimate of drug-likeness (QED) is 0.129. The van der Waals surface area contributed by atoms with Crippen LogP contribution in [0.4, 0.5) is 17.1 Å². The van der Waals surface area contributed by atoms with Gasteiger partial charge in [0.25, 0.3) is 17.5 Å². The Bertz CT molecular complexity index is 1380. The van der Waals surface area contributed by atoms with E-state index in [4.69, 9.17) is 16.3 Å². The van der Waals surface area contributed by atoms with Gasteiger partial charge in [-0.15, -0.1) is 0 Å². The fraction of sp³-hybridized carbons (Fsp3) is 0.0417. The predicted octanol–water partition coefficient (Wildman–Crippen LogP) is 6.34. The molecule has 0 aliphatic rings. The van der Waals surface area contributed by atoms with Gasteiger partial charge in [0.15, 0.2) is 6.61 Å². The highest BCUT2D eigenvalue weighted by Gasteiger charge is 2.15. The molecule has 182 valence electrons. The van der Waals surface area contributed by atoms with Crippen molar-refractivity contribution in [1.29, 1.82) is 5.26 Å². The number of hydrogen-bond donors (Lipinski definition) is 2. The van der Waals surface area contributed by atoms with Gasteiger partial charge < -0.3 is 15.4 Å². The maximum Gasteiger partial charge on any atom is 0.271 e. The summed E-state index contributed by atoms with van der Waals surface area (Å²) in [5.41, 5.74) is 0.812. The van der Waals surface area contributed by atoms with Crippen LogP contribution < -0.4 is 15.4 Å². The zero-order chi connectivity index (χ0) is 26.2. The van der Waals surface area contributed by atoms with E-state index < -0.39 is 10.8 Å². The molecule has 0 fully saturated rings. The van der Waals surface area contributed by atoms with Crippen LogP contribution >= 0.6 is 43.5 Å². The third-order valence-corrected chi connectivity index (χ3v) is 5.92. The number of halogens is 3. The van der Waals surface area contributed by atoms with Gasteiger partial charge in [0.1, 0.15) is 17.4 Å². The highest BCUT2D eigenvalue weighted by molar-refractivity contribution is 9.11. The summed E-state index contributed by atoms with van der Waals surface area (Å²) in [6, 6.07) is 17.0. The second-order valence-electron chi connectivity index (χ2n) is 7.09. The summed E-state index contributed by atoms with van der Waals surface area (Å²) in [5.74, 6) is -0.771. The zero-order valence-corrected chi connectivity index (χ0v) is 22.1. The molecular formula is C24H15Br2ClN4O5. The summed E-state index contributed by atoms with van der Waals surface area (Å²) < 4.78 is 6.56. The first kappa shape index (κ1) is 26.9.